The van der Waals surface area contributed by atoms with Gasteiger partial charge in [0.05, 0.1) is 5.69 Å². The predicted molar refractivity (Wildman–Crippen MR) is 153 cm³/mol. The lowest BCUT2D eigenvalue weighted by Gasteiger charge is -2.60. The van der Waals surface area contributed by atoms with Crippen molar-refractivity contribution in [2.24, 2.45) is 5.41 Å². The first-order valence-corrected chi connectivity index (χ1v) is 14.8. The number of para-hydroxylation sites is 1. The Morgan fingerprint density at radius 1 is 1.10 bits per heavy atom. The minimum atomic E-state index is 0.0383. The second kappa shape index (κ2) is 9.81. The molecule has 0 N–H and O–H groups in total. The van der Waals surface area contributed by atoms with E-state index in [0.29, 0.717) is 24.7 Å². The number of fused-ring (bicyclic) bond motifs is 2. The van der Waals surface area contributed by atoms with E-state index in [1.807, 2.05) is 4.90 Å². The molecule has 8 nitrogen and oxygen atoms in total. The SMILES string of the molecule is C=CC(=O)N1CC2(C1)CN(c1nc(OCC3CCCN3C)nc3c1CCC(N1CCCc4ccccc41)C3)C2. The molecule has 5 aliphatic rings. The summed E-state index contributed by atoms with van der Waals surface area (Å²) in [6.45, 7) is 10.0. The fourth-order valence-corrected chi connectivity index (χ4v) is 7.61. The highest BCUT2D eigenvalue weighted by atomic mass is 16.5. The third kappa shape index (κ3) is 4.46. The van der Waals surface area contributed by atoms with Crippen LogP contribution in [0, 0.1) is 5.41 Å². The molecule has 8 heteroatoms. The summed E-state index contributed by atoms with van der Waals surface area (Å²) in [6, 6.07) is 10.3. The minimum Gasteiger partial charge on any atom is -0.462 e. The molecule has 2 atom stereocenters. The summed E-state index contributed by atoms with van der Waals surface area (Å²) < 4.78 is 6.31. The molecule has 2 unspecified atom stereocenters. The van der Waals surface area contributed by atoms with Crippen molar-refractivity contribution >= 4 is 17.4 Å². The number of hydrogen-bond acceptors (Lipinski definition) is 7. The number of amides is 1. The molecule has 0 bridgehead atoms. The van der Waals surface area contributed by atoms with Crippen LogP contribution < -0.4 is 14.5 Å². The van der Waals surface area contributed by atoms with E-state index in [2.05, 4.69) is 52.6 Å². The highest BCUT2D eigenvalue weighted by Crippen LogP contribution is 2.44. The Hall–Kier alpha value is -3.13. The topological polar surface area (TPSA) is 65.0 Å². The van der Waals surface area contributed by atoms with Gasteiger partial charge in [-0.05, 0) is 69.8 Å². The van der Waals surface area contributed by atoms with Gasteiger partial charge in [-0.1, -0.05) is 24.8 Å². The van der Waals surface area contributed by atoms with Gasteiger partial charge in [0.25, 0.3) is 0 Å². The number of ether oxygens (including phenoxy) is 1. The predicted octanol–water partition coefficient (Wildman–Crippen LogP) is 3.09. The third-order valence-electron chi connectivity index (χ3n) is 9.76. The van der Waals surface area contributed by atoms with E-state index in [0.717, 1.165) is 70.0 Å². The Morgan fingerprint density at radius 2 is 1.95 bits per heavy atom. The monoisotopic (exact) mass is 528 g/mol. The Kier molecular flexibility index (Phi) is 6.26. The minimum absolute atomic E-state index is 0.0383. The van der Waals surface area contributed by atoms with Crippen molar-refractivity contribution in [3.8, 4) is 6.01 Å². The van der Waals surface area contributed by atoms with Gasteiger partial charge < -0.3 is 24.3 Å². The number of aromatic nitrogens is 2. The Labute approximate surface area is 231 Å². The van der Waals surface area contributed by atoms with E-state index in [1.54, 1.807) is 0 Å². The van der Waals surface area contributed by atoms with E-state index in [-0.39, 0.29) is 11.3 Å². The van der Waals surface area contributed by atoms with E-state index in [9.17, 15) is 4.79 Å². The van der Waals surface area contributed by atoms with Crippen molar-refractivity contribution in [2.75, 3.05) is 62.7 Å². The first kappa shape index (κ1) is 24.9. The Balaban J connectivity index is 1.13. The van der Waals surface area contributed by atoms with Crippen LogP contribution in [0.1, 0.15) is 42.5 Å². The van der Waals surface area contributed by atoms with Crippen LogP contribution in [0.2, 0.25) is 0 Å². The molecule has 1 aliphatic carbocycles. The molecular weight excluding hydrogens is 488 g/mol. The smallest absolute Gasteiger partial charge is 0.318 e. The number of hydrogen-bond donors (Lipinski definition) is 0. The Morgan fingerprint density at radius 3 is 2.74 bits per heavy atom. The molecule has 0 radical (unpaired) electrons. The van der Waals surface area contributed by atoms with Gasteiger partial charge in [-0.2, -0.15) is 9.97 Å². The zero-order valence-electron chi connectivity index (χ0n) is 23.1. The van der Waals surface area contributed by atoms with Crippen molar-refractivity contribution in [1.29, 1.82) is 0 Å². The second-order valence-electron chi connectivity index (χ2n) is 12.4. The quantitative estimate of drug-likeness (QED) is 0.534. The van der Waals surface area contributed by atoms with Gasteiger partial charge >= 0.3 is 6.01 Å². The number of benzene rings is 1. The van der Waals surface area contributed by atoms with Gasteiger partial charge in [-0.3, -0.25) is 4.79 Å². The first-order valence-electron chi connectivity index (χ1n) is 14.8. The molecule has 4 aliphatic heterocycles. The maximum atomic E-state index is 12.0. The number of anilines is 2. The molecule has 206 valence electrons. The summed E-state index contributed by atoms with van der Waals surface area (Å²) in [4.78, 5) is 31.4. The molecule has 3 saturated heterocycles. The number of aryl methyl sites for hydroxylation is 1. The van der Waals surface area contributed by atoms with Crippen LogP contribution in [0.15, 0.2) is 36.9 Å². The van der Waals surface area contributed by atoms with Crippen molar-refractivity contribution in [1.82, 2.24) is 19.8 Å². The largest absolute Gasteiger partial charge is 0.462 e. The van der Waals surface area contributed by atoms with E-state index in [1.165, 1.54) is 48.6 Å². The third-order valence-corrected chi connectivity index (χ3v) is 9.76. The molecule has 5 heterocycles. The van der Waals surface area contributed by atoms with Crippen molar-refractivity contribution in [2.45, 2.75) is 57.0 Å². The first-order chi connectivity index (χ1) is 19.0. The molecule has 3 fully saturated rings. The van der Waals surface area contributed by atoms with E-state index in [4.69, 9.17) is 14.7 Å². The molecule has 2 aromatic rings. The van der Waals surface area contributed by atoms with Crippen LogP contribution in [0.5, 0.6) is 6.01 Å². The van der Waals surface area contributed by atoms with Crippen LogP contribution in [0.4, 0.5) is 11.5 Å². The van der Waals surface area contributed by atoms with Crippen molar-refractivity contribution in [3.05, 3.63) is 53.7 Å². The lowest BCUT2D eigenvalue weighted by molar-refractivity contribution is -0.139. The molecule has 1 aromatic heterocycles. The molecule has 0 saturated carbocycles. The average Bonchev–Trinajstić information content (AvgIpc) is 3.33. The fraction of sp³-hybridized carbons (Fsp3) is 0.581. The summed E-state index contributed by atoms with van der Waals surface area (Å²) in [5.41, 5.74) is 5.53. The van der Waals surface area contributed by atoms with Gasteiger partial charge in [-0.15, -0.1) is 0 Å². The van der Waals surface area contributed by atoms with Crippen LogP contribution >= 0.6 is 0 Å². The molecule has 7 rings (SSSR count). The second-order valence-corrected chi connectivity index (χ2v) is 12.4. The number of likely N-dealkylation sites (tertiary alicyclic amines) is 2. The van der Waals surface area contributed by atoms with Gasteiger partial charge in [0.15, 0.2) is 0 Å². The van der Waals surface area contributed by atoms with Gasteiger partial charge in [0.1, 0.15) is 12.4 Å². The van der Waals surface area contributed by atoms with Gasteiger partial charge in [0.2, 0.25) is 5.91 Å². The van der Waals surface area contributed by atoms with Crippen LogP contribution in [-0.4, -0.2) is 90.7 Å². The summed E-state index contributed by atoms with van der Waals surface area (Å²) in [6.07, 6.45) is 9.23. The lowest BCUT2D eigenvalue weighted by Crippen LogP contribution is -2.73. The normalized spacial score (nSPS) is 25.5. The summed E-state index contributed by atoms with van der Waals surface area (Å²) in [5, 5.41) is 0. The summed E-state index contributed by atoms with van der Waals surface area (Å²) >= 11 is 0. The molecule has 39 heavy (non-hydrogen) atoms. The highest BCUT2D eigenvalue weighted by Gasteiger charge is 2.53. The zero-order chi connectivity index (χ0) is 26.6. The number of carbonyl (C=O) groups is 1. The molecule has 1 spiro atoms. The zero-order valence-corrected chi connectivity index (χ0v) is 23.1. The molecule has 1 aromatic carbocycles. The number of nitrogens with zero attached hydrogens (tertiary/aromatic N) is 6. The molecular formula is C31H40N6O2. The fourth-order valence-electron chi connectivity index (χ4n) is 7.61. The molecule has 1 amide bonds. The van der Waals surface area contributed by atoms with Crippen LogP contribution in [0.25, 0.3) is 0 Å². The van der Waals surface area contributed by atoms with Gasteiger partial charge in [0, 0.05) is 67.9 Å². The average molecular weight is 529 g/mol. The highest BCUT2D eigenvalue weighted by molar-refractivity contribution is 5.88. The maximum Gasteiger partial charge on any atom is 0.318 e. The number of likely N-dealkylation sites (N-methyl/N-ethyl adjacent to an activating group) is 1. The van der Waals surface area contributed by atoms with Gasteiger partial charge in [-0.25, -0.2) is 0 Å². The lowest BCUT2D eigenvalue weighted by atomic mass is 9.72. The van der Waals surface area contributed by atoms with E-state index < -0.39 is 0 Å². The van der Waals surface area contributed by atoms with Crippen molar-refractivity contribution in [3.63, 3.8) is 0 Å². The summed E-state index contributed by atoms with van der Waals surface area (Å²) in [7, 11) is 2.18. The Bertz CT molecular complexity index is 1270. The maximum absolute atomic E-state index is 12.0. The number of rotatable bonds is 6. The number of carbonyl (C=O) groups excluding carboxylic acids is 1. The standard InChI is InChI=1S/C31H40N6O2/c1-3-28(38)35-18-31(19-35)20-36(21-31)29-25-13-12-23(37-15-6-9-22-8-4-5-11-27(22)37)16-26(25)32-30(33-29)39-17-24-10-7-14-34(24)2/h3-5,8,11,23-24H,1,6-7,9-10,12-21H2,2H3. The van der Waals surface area contributed by atoms with Crippen LogP contribution in [0.3, 0.4) is 0 Å². The summed E-state index contributed by atoms with van der Waals surface area (Å²) in [5.74, 6) is 1.10. The van der Waals surface area contributed by atoms with Crippen molar-refractivity contribution < 1.29 is 9.53 Å². The van der Waals surface area contributed by atoms with E-state index >= 15 is 0 Å². The van der Waals surface area contributed by atoms with Crippen LogP contribution in [-0.2, 0) is 24.1 Å².